The van der Waals surface area contributed by atoms with Crippen molar-refractivity contribution < 1.29 is 9.36 Å². The van der Waals surface area contributed by atoms with Crippen LogP contribution in [0.5, 0.6) is 0 Å². The normalized spacial score (nSPS) is 13.3. The van der Waals surface area contributed by atoms with Crippen molar-refractivity contribution in [1.82, 2.24) is 0 Å². The van der Waals surface area contributed by atoms with Crippen LogP contribution in [0.4, 0.5) is 0 Å². The van der Waals surface area contributed by atoms with E-state index in [1.807, 2.05) is 53.2 Å². The molecule has 1 aromatic heterocycles. The molecule has 0 spiro atoms. The topological polar surface area (TPSA) is 20.9 Å². The fourth-order valence-corrected chi connectivity index (χ4v) is 3.55. The van der Waals surface area contributed by atoms with E-state index in [2.05, 4.69) is 24.4 Å². The molecule has 0 unspecified atom stereocenters. The van der Waals surface area contributed by atoms with Gasteiger partial charge in [0.1, 0.15) is 0 Å². The van der Waals surface area contributed by atoms with E-state index in [0.717, 1.165) is 17.5 Å². The maximum absolute atomic E-state index is 12.6. The predicted molar refractivity (Wildman–Crippen MR) is 99.5 cm³/mol. The summed E-state index contributed by atoms with van der Waals surface area (Å²) >= 11 is 0. The average molecular weight is 328 g/mol. The van der Waals surface area contributed by atoms with Crippen LogP contribution < -0.4 is 4.57 Å². The van der Waals surface area contributed by atoms with Crippen LogP contribution in [0, 0.1) is 0 Å². The Kier molecular flexibility index (Phi) is 4.43. The van der Waals surface area contributed by atoms with Gasteiger partial charge in [0, 0.05) is 17.2 Å². The van der Waals surface area contributed by atoms with Crippen LogP contribution in [0.1, 0.15) is 34.3 Å². The third-order valence-corrected chi connectivity index (χ3v) is 4.98. The lowest BCUT2D eigenvalue weighted by Crippen LogP contribution is -2.38. The van der Waals surface area contributed by atoms with E-state index >= 15 is 0 Å². The number of aromatic nitrogens is 1. The van der Waals surface area contributed by atoms with E-state index in [0.29, 0.717) is 6.54 Å². The third-order valence-electron chi connectivity index (χ3n) is 4.98. The minimum absolute atomic E-state index is 0.153. The molecule has 0 radical (unpaired) electrons. The third kappa shape index (κ3) is 3.53. The van der Waals surface area contributed by atoms with E-state index in [9.17, 15) is 4.79 Å². The maximum atomic E-state index is 12.6. The lowest BCUT2D eigenvalue weighted by atomic mass is 9.93. The number of pyridine rings is 1. The van der Waals surface area contributed by atoms with Crippen molar-refractivity contribution in [3.8, 4) is 11.1 Å². The van der Waals surface area contributed by atoms with Gasteiger partial charge in [-0.2, -0.15) is 4.57 Å². The van der Waals surface area contributed by atoms with Gasteiger partial charge in [0.15, 0.2) is 12.4 Å². The van der Waals surface area contributed by atoms with Gasteiger partial charge in [-0.1, -0.05) is 54.6 Å². The zero-order chi connectivity index (χ0) is 17.1. The molecule has 0 fully saturated rings. The number of ketones is 1. The Morgan fingerprint density at radius 2 is 1.48 bits per heavy atom. The Balaban J connectivity index is 1.49. The maximum Gasteiger partial charge on any atom is 0.227 e. The molecule has 1 aliphatic rings. The first-order chi connectivity index (χ1) is 12.3. The zero-order valence-electron chi connectivity index (χ0n) is 14.3. The molecule has 2 heteroatoms. The van der Waals surface area contributed by atoms with Gasteiger partial charge in [0.2, 0.25) is 12.3 Å². The van der Waals surface area contributed by atoms with Crippen molar-refractivity contribution in [3.05, 3.63) is 89.7 Å². The number of fused-ring (bicyclic) bond motifs is 1. The number of hydrogen-bond donors (Lipinski definition) is 0. The number of benzene rings is 2. The number of aryl methyl sites for hydroxylation is 2. The van der Waals surface area contributed by atoms with Crippen molar-refractivity contribution in [2.24, 2.45) is 0 Å². The summed E-state index contributed by atoms with van der Waals surface area (Å²) in [7, 11) is 0. The first-order valence-electron chi connectivity index (χ1n) is 8.99. The number of rotatable bonds is 4. The molecule has 0 aliphatic heterocycles. The Labute approximate surface area is 148 Å². The molecule has 2 nitrogen and oxygen atoms in total. The van der Waals surface area contributed by atoms with Gasteiger partial charge in [0.05, 0.1) is 0 Å². The van der Waals surface area contributed by atoms with Gasteiger partial charge in [-0.25, -0.2) is 0 Å². The average Bonchev–Trinajstić information content (AvgIpc) is 2.69. The summed E-state index contributed by atoms with van der Waals surface area (Å²) in [5.74, 6) is 0.153. The monoisotopic (exact) mass is 328 g/mol. The molecule has 0 atom stereocenters. The number of hydrogen-bond acceptors (Lipinski definition) is 1. The van der Waals surface area contributed by atoms with Crippen molar-refractivity contribution in [2.75, 3.05) is 0 Å². The second kappa shape index (κ2) is 7.02. The van der Waals surface area contributed by atoms with Gasteiger partial charge < -0.3 is 0 Å². The molecule has 4 rings (SSSR count). The summed E-state index contributed by atoms with van der Waals surface area (Å²) in [4.78, 5) is 12.6. The molecular formula is C23H22NO+. The smallest absolute Gasteiger partial charge is 0.227 e. The van der Waals surface area contributed by atoms with Crippen LogP contribution in [0.25, 0.3) is 11.1 Å². The lowest BCUT2D eigenvalue weighted by Gasteiger charge is -2.13. The summed E-state index contributed by atoms with van der Waals surface area (Å²) in [6, 6.07) is 20.3. The minimum Gasteiger partial charge on any atom is -0.287 e. The molecular weight excluding hydrogens is 306 g/mol. The van der Waals surface area contributed by atoms with Crippen LogP contribution >= 0.6 is 0 Å². The standard InChI is InChI=1S/C23H22NO/c25-23(17-24-15-14-19-8-4-5-9-22(19)16-24)21-12-10-20(11-13-21)18-6-2-1-3-7-18/h1-3,6-7,10-16H,4-5,8-9,17H2/q+1. The molecule has 0 bridgehead atoms. The van der Waals surface area contributed by atoms with Gasteiger partial charge in [-0.05, 0) is 42.4 Å². The second-order valence-corrected chi connectivity index (χ2v) is 6.74. The van der Waals surface area contributed by atoms with Crippen LogP contribution in [0.3, 0.4) is 0 Å². The SMILES string of the molecule is O=C(C[n+]1ccc2c(c1)CCCC2)c1ccc(-c2ccccc2)cc1. The summed E-state index contributed by atoms with van der Waals surface area (Å²) in [6.45, 7) is 0.401. The molecule has 1 aliphatic carbocycles. The Hall–Kier alpha value is -2.74. The van der Waals surface area contributed by atoms with E-state index in [1.165, 1.54) is 36.0 Å². The van der Waals surface area contributed by atoms with Crippen LogP contribution in [-0.4, -0.2) is 5.78 Å². The zero-order valence-corrected chi connectivity index (χ0v) is 14.3. The van der Waals surface area contributed by atoms with Crippen molar-refractivity contribution >= 4 is 5.78 Å². The van der Waals surface area contributed by atoms with Crippen LogP contribution in [0.2, 0.25) is 0 Å². The number of nitrogens with zero attached hydrogens (tertiary/aromatic N) is 1. The predicted octanol–water partition coefficient (Wildman–Crippen LogP) is 4.40. The highest BCUT2D eigenvalue weighted by atomic mass is 16.1. The Bertz CT molecular complexity index is 882. The van der Waals surface area contributed by atoms with Crippen LogP contribution in [-0.2, 0) is 19.4 Å². The van der Waals surface area contributed by atoms with Crippen molar-refractivity contribution in [3.63, 3.8) is 0 Å². The molecule has 3 aromatic rings. The first-order valence-corrected chi connectivity index (χ1v) is 8.99. The van der Waals surface area contributed by atoms with Gasteiger partial charge >= 0.3 is 0 Å². The molecule has 0 saturated heterocycles. The second-order valence-electron chi connectivity index (χ2n) is 6.74. The summed E-state index contributed by atoms with van der Waals surface area (Å²) < 4.78 is 2.03. The van der Waals surface area contributed by atoms with Gasteiger partial charge in [-0.3, -0.25) is 4.79 Å². The Morgan fingerprint density at radius 1 is 0.800 bits per heavy atom. The minimum atomic E-state index is 0.153. The van der Waals surface area contributed by atoms with Crippen LogP contribution in [0.15, 0.2) is 73.1 Å². The molecule has 124 valence electrons. The lowest BCUT2D eigenvalue weighted by molar-refractivity contribution is -0.683. The van der Waals surface area contributed by atoms with E-state index in [1.54, 1.807) is 0 Å². The molecule has 2 aromatic carbocycles. The first kappa shape index (κ1) is 15.8. The molecule has 0 saturated carbocycles. The number of Topliss-reactive ketones (excluding diaryl/α,β-unsaturated/α-hetero) is 1. The Morgan fingerprint density at radius 3 is 2.24 bits per heavy atom. The highest BCUT2D eigenvalue weighted by Gasteiger charge is 2.16. The summed E-state index contributed by atoms with van der Waals surface area (Å²) in [5, 5.41) is 0. The largest absolute Gasteiger partial charge is 0.287 e. The fourth-order valence-electron chi connectivity index (χ4n) is 3.55. The fraction of sp³-hybridized carbons (Fsp3) is 0.217. The van der Waals surface area contributed by atoms with E-state index < -0.39 is 0 Å². The molecule has 0 N–H and O–H groups in total. The van der Waals surface area contributed by atoms with Crippen molar-refractivity contribution in [2.45, 2.75) is 32.2 Å². The molecule has 1 heterocycles. The van der Waals surface area contributed by atoms with Gasteiger partial charge in [0.25, 0.3) is 0 Å². The molecule has 0 amide bonds. The van der Waals surface area contributed by atoms with Crippen molar-refractivity contribution in [1.29, 1.82) is 0 Å². The number of carbonyl (C=O) groups excluding carboxylic acids is 1. The van der Waals surface area contributed by atoms with E-state index in [4.69, 9.17) is 0 Å². The summed E-state index contributed by atoms with van der Waals surface area (Å²) in [6.07, 6.45) is 9.04. The molecule has 25 heavy (non-hydrogen) atoms. The quantitative estimate of drug-likeness (QED) is 0.513. The highest BCUT2D eigenvalue weighted by molar-refractivity contribution is 5.95. The van der Waals surface area contributed by atoms with E-state index in [-0.39, 0.29) is 5.78 Å². The number of carbonyl (C=O) groups is 1. The highest BCUT2D eigenvalue weighted by Crippen LogP contribution is 2.20. The van der Waals surface area contributed by atoms with Gasteiger partial charge in [-0.15, -0.1) is 0 Å². The summed E-state index contributed by atoms with van der Waals surface area (Å²) in [5.41, 5.74) is 5.93.